The van der Waals surface area contributed by atoms with Gasteiger partial charge in [-0.1, -0.05) is 29.8 Å². The Bertz CT molecular complexity index is 690. The summed E-state index contributed by atoms with van der Waals surface area (Å²) in [5.74, 6) is -0.180. The van der Waals surface area contributed by atoms with E-state index in [0.717, 1.165) is 11.1 Å². The van der Waals surface area contributed by atoms with Gasteiger partial charge >= 0.3 is 5.97 Å². The van der Waals surface area contributed by atoms with Crippen molar-refractivity contribution in [3.8, 4) is 5.75 Å². The van der Waals surface area contributed by atoms with Gasteiger partial charge in [0.15, 0.2) is 0 Å². The Balaban J connectivity index is 2.11. The Morgan fingerprint density at radius 2 is 1.95 bits per heavy atom. The summed E-state index contributed by atoms with van der Waals surface area (Å²) in [6.45, 7) is 3.79. The number of phenolic OH excluding ortho intramolecular Hbond substituents is 1. The number of phenols is 1. The van der Waals surface area contributed by atoms with Crippen LogP contribution in [0.25, 0.3) is 0 Å². The molecule has 0 amide bonds. The van der Waals surface area contributed by atoms with Gasteiger partial charge in [-0.2, -0.15) is 0 Å². The molecule has 0 bridgehead atoms. The van der Waals surface area contributed by atoms with E-state index in [1.54, 1.807) is 12.1 Å². The van der Waals surface area contributed by atoms with E-state index in [2.05, 4.69) is 0 Å². The summed E-state index contributed by atoms with van der Waals surface area (Å²) in [5, 5.41) is 10.1. The van der Waals surface area contributed by atoms with Crippen molar-refractivity contribution in [2.24, 2.45) is 0 Å². The lowest BCUT2D eigenvalue weighted by atomic mass is 9.83. The van der Waals surface area contributed by atoms with Gasteiger partial charge in [-0.15, -0.1) is 0 Å². The lowest BCUT2D eigenvalue weighted by Gasteiger charge is -2.35. The predicted molar refractivity (Wildman–Crippen MR) is 75.8 cm³/mol. The van der Waals surface area contributed by atoms with Gasteiger partial charge in [0.2, 0.25) is 0 Å². The van der Waals surface area contributed by atoms with Crippen LogP contribution in [0.15, 0.2) is 42.5 Å². The smallest absolute Gasteiger partial charge is 0.339 e. The molecule has 3 nitrogen and oxygen atoms in total. The predicted octanol–water partition coefficient (Wildman–Crippen LogP) is 3.33. The third kappa shape index (κ3) is 1.95. The third-order valence-corrected chi connectivity index (χ3v) is 3.80. The molecule has 102 valence electrons. The van der Waals surface area contributed by atoms with E-state index in [0.29, 0.717) is 17.5 Å². The largest absolute Gasteiger partial charge is 0.508 e. The van der Waals surface area contributed by atoms with Crippen LogP contribution in [-0.4, -0.2) is 11.1 Å². The molecular formula is C17H16O3. The van der Waals surface area contributed by atoms with Crippen molar-refractivity contribution < 1.29 is 14.6 Å². The molecule has 0 aromatic heterocycles. The van der Waals surface area contributed by atoms with Gasteiger partial charge < -0.3 is 9.84 Å². The van der Waals surface area contributed by atoms with Crippen LogP contribution in [0.5, 0.6) is 5.75 Å². The van der Waals surface area contributed by atoms with Crippen molar-refractivity contribution in [3.05, 3.63) is 64.7 Å². The van der Waals surface area contributed by atoms with E-state index < -0.39 is 5.60 Å². The second-order valence-corrected chi connectivity index (χ2v) is 5.47. The van der Waals surface area contributed by atoms with Gasteiger partial charge in [0.1, 0.15) is 11.4 Å². The van der Waals surface area contributed by atoms with Crippen molar-refractivity contribution in [1.82, 2.24) is 0 Å². The molecule has 3 rings (SSSR count). The molecule has 1 unspecified atom stereocenters. The molecule has 1 aliphatic heterocycles. The van der Waals surface area contributed by atoms with Crippen LogP contribution in [-0.2, 0) is 16.8 Å². The second kappa shape index (κ2) is 4.37. The minimum absolute atomic E-state index is 0.158. The SMILES string of the molecule is Cc1ccc(O)c(C2(C)Cc3ccccc3C(=O)O2)c1. The summed E-state index contributed by atoms with van der Waals surface area (Å²) in [5.41, 5.74) is 2.40. The van der Waals surface area contributed by atoms with Gasteiger partial charge in [0.25, 0.3) is 0 Å². The highest BCUT2D eigenvalue weighted by Gasteiger charge is 2.39. The molecule has 0 saturated heterocycles. The number of hydrogen-bond donors (Lipinski definition) is 1. The van der Waals surface area contributed by atoms with Crippen molar-refractivity contribution in [2.45, 2.75) is 25.9 Å². The summed E-state index contributed by atoms with van der Waals surface area (Å²) in [7, 11) is 0. The first-order valence-electron chi connectivity index (χ1n) is 6.61. The number of esters is 1. The molecule has 1 atom stereocenters. The summed E-state index contributed by atoms with van der Waals surface area (Å²) in [6, 6.07) is 12.8. The van der Waals surface area contributed by atoms with Gasteiger partial charge in [0, 0.05) is 12.0 Å². The average Bonchev–Trinajstić information content (AvgIpc) is 2.41. The van der Waals surface area contributed by atoms with Crippen LogP contribution in [0, 0.1) is 6.92 Å². The second-order valence-electron chi connectivity index (χ2n) is 5.47. The lowest BCUT2D eigenvalue weighted by molar-refractivity contribution is -0.0191. The molecule has 0 fully saturated rings. The molecular weight excluding hydrogens is 252 g/mol. The number of aromatic hydroxyl groups is 1. The number of aryl methyl sites for hydroxylation is 1. The first kappa shape index (κ1) is 12.7. The number of benzene rings is 2. The average molecular weight is 268 g/mol. The summed E-state index contributed by atoms with van der Waals surface area (Å²) in [6.07, 6.45) is 0.561. The van der Waals surface area contributed by atoms with Gasteiger partial charge in [-0.3, -0.25) is 0 Å². The lowest BCUT2D eigenvalue weighted by Crippen LogP contribution is -2.36. The molecule has 1 aliphatic rings. The number of rotatable bonds is 1. The standard InChI is InChI=1S/C17H16O3/c1-11-7-8-15(18)14(9-11)17(2)10-12-5-3-4-6-13(12)16(19)20-17/h3-9,18H,10H2,1-2H3. The molecule has 2 aromatic carbocycles. The summed E-state index contributed by atoms with van der Waals surface area (Å²) >= 11 is 0. The fraction of sp³-hybridized carbons (Fsp3) is 0.235. The number of carbonyl (C=O) groups is 1. The van der Waals surface area contributed by atoms with Crippen molar-refractivity contribution >= 4 is 5.97 Å². The zero-order chi connectivity index (χ0) is 14.3. The summed E-state index contributed by atoms with van der Waals surface area (Å²) < 4.78 is 5.62. The topological polar surface area (TPSA) is 46.5 Å². The fourth-order valence-corrected chi connectivity index (χ4v) is 2.76. The number of fused-ring (bicyclic) bond motifs is 1. The van der Waals surface area contributed by atoms with Crippen molar-refractivity contribution in [2.75, 3.05) is 0 Å². The minimum atomic E-state index is -0.832. The van der Waals surface area contributed by atoms with Gasteiger partial charge in [-0.25, -0.2) is 4.79 Å². The number of cyclic esters (lactones) is 1. The third-order valence-electron chi connectivity index (χ3n) is 3.80. The maximum atomic E-state index is 12.2. The van der Waals surface area contributed by atoms with E-state index in [-0.39, 0.29) is 11.7 Å². The Morgan fingerprint density at radius 3 is 2.75 bits per heavy atom. The first-order chi connectivity index (χ1) is 9.49. The van der Waals surface area contributed by atoms with Crippen LogP contribution < -0.4 is 0 Å². The van der Waals surface area contributed by atoms with Crippen molar-refractivity contribution in [1.29, 1.82) is 0 Å². The summed E-state index contributed by atoms with van der Waals surface area (Å²) in [4.78, 5) is 12.2. The molecule has 0 spiro atoms. The van der Waals surface area contributed by atoms with E-state index >= 15 is 0 Å². The van der Waals surface area contributed by atoms with Gasteiger partial charge in [0.05, 0.1) is 5.56 Å². The highest BCUT2D eigenvalue weighted by molar-refractivity contribution is 5.92. The van der Waals surface area contributed by atoms with Crippen LogP contribution in [0.3, 0.4) is 0 Å². The number of ether oxygens (including phenoxy) is 1. The maximum absolute atomic E-state index is 12.2. The van der Waals surface area contributed by atoms with Crippen LogP contribution in [0.1, 0.15) is 34.0 Å². The maximum Gasteiger partial charge on any atom is 0.339 e. The number of hydrogen-bond acceptors (Lipinski definition) is 3. The van der Waals surface area contributed by atoms with E-state index in [4.69, 9.17) is 4.74 Å². The Labute approximate surface area is 117 Å². The minimum Gasteiger partial charge on any atom is -0.508 e. The highest BCUT2D eigenvalue weighted by Crippen LogP contribution is 2.40. The zero-order valence-corrected chi connectivity index (χ0v) is 11.5. The molecule has 0 saturated carbocycles. The monoisotopic (exact) mass is 268 g/mol. The van der Waals surface area contributed by atoms with E-state index in [9.17, 15) is 9.90 Å². The molecule has 1 heterocycles. The molecule has 3 heteroatoms. The Kier molecular flexibility index (Phi) is 2.78. The Hall–Kier alpha value is -2.29. The first-order valence-corrected chi connectivity index (χ1v) is 6.61. The van der Waals surface area contributed by atoms with Crippen molar-refractivity contribution in [3.63, 3.8) is 0 Å². The number of carbonyl (C=O) groups excluding carboxylic acids is 1. The molecule has 0 aliphatic carbocycles. The van der Waals surface area contributed by atoms with Crippen LogP contribution in [0.4, 0.5) is 0 Å². The van der Waals surface area contributed by atoms with Gasteiger partial charge in [-0.05, 0) is 37.6 Å². The Morgan fingerprint density at radius 1 is 1.20 bits per heavy atom. The highest BCUT2D eigenvalue weighted by atomic mass is 16.6. The van der Waals surface area contributed by atoms with Crippen LogP contribution in [0.2, 0.25) is 0 Å². The zero-order valence-electron chi connectivity index (χ0n) is 11.5. The normalized spacial score (nSPS) is 21.2. The quantitative estimate of drug-likeness (QED) is 0.807. The molecule has 1 N–H and O–H groups in total. The van der Waals surface area contributed by atoms with E-state index in [1.165, 1.54) is 0 Å². The van der Waals surface area contributed by atoms with E-state index in [1.807, 2.05) is 44.2 Å². The molecule has 2 aromatic rings. The molecule has 0 radical (unpaired) electrons. The van der Waals surface area contributed by atoms with Crippen LogP contribution >= 0.6 is 0 Å². The fourth-order valence-electron chi connectivity index (χ4n) is 2.76. The molecule has 20 heavy (non-hydrogen) atoms.